The molecule has 0 atom stereocenters. The molecule has 0 aromatic rings. The van der Waals surface area contributed by atoms with Crippen molar-refractivity contribution in [2.45, 2.75) is 33.1 Å². The first kappa shape index (κ1) is 10.2. The van der Waals surface area contributed by atoms with Crippen molar-refractivity contribution in [2.24, 2.45) is 5.90 Å². The van der Waals surface area contributed by atoms with E-state index in [1.165, 1.54) is 0 Å². The van der Waals surface area contributed by atoms with Crippen LogP contribution in [0, 0.1) is 0 Å². The van der Waals surface area contributed by atoms with E-state index in [0.29, 0.717) is 5.57 Å². The molecular formula is C8H15NO2. The Hall–Kier alpha value is -0.830. The number of rotatable bonds is 4. The first-order valence-corrected chi connectivity index (χ1v) is 3.80. The average molecular weight is 157 g/mol. The SMILES string of the molecule is CCCCC=C(C)C(=O)ON. The van der Waals surface area contributed by atoms with Gasteiger partial charge in [0.05, 0.1) is 0 Å². The maximum absolute atomic E-state index is 10.7. The second-order valence-corrected chi connectivity index (χ2v) is 2.43. The van der Waals surface area contributed by atoms with E-state index in [0.717, 1.165) is 19.3 Å². The molecular weight excluding hydrogens is 142 g/mol. The number of unbranched alkanes of at least 4 members (excludes halogenated alkanes) is 2. The molecule has 3 heteroatoms. The monoisotopic (exact) mass is 157 g/mol. The van der Waals surface area contributed by atoms with Gasteiger partial charge in [-0.15, -0.1) is 0 Å². The van der Waals surface area contributed by atoms with Crippen molar-refractivity contribution in [1.29, 1.82) is 0 Å². The molecule has 64 valence electrons. The van der Waals surface area contributed by atoms with Crippen molar-refractivity contribution in [2.75, 3.05) is 0 Å². The molecule has 0 fully saturated rings. The predicted molar refractivity (Wildman–Crippen MR) is 43.6 cm³/mol. The highest BCUT2D eigenvalue weighted by Gasteiger charge is 2.01. The van der Waals surface area contributed by atoms with E-state index >= 15 is 0 Å². The Morgan fingerprint density at radius 2 is 2.27 bits per heavy atom. The van der Waals surface area contributed by atoms with Gasteiger partial charge in [-0.1, -0.05) is 25.8 Å². The highest BCUT2D eigenvalue weighted by Crippen LogP contribution is 2.01. The van der Waals surface area contributed by atoms with Crippen LogP contribution in [0.5, 0.6) is 0 Å². The van der Waals surface area contributed by atoms with Gasteiger partial charge in [-0.05, 0) is 13.3 Å². The minimum absolute atomic E-state index is 0.443. The molecule has 0 aromatic heterocycles. The topological polar surface area (TPSA) is 52.3 Å². The molecule has 0 unspecified atom stereocenters. The van der Waals surface area contributed by atoms with Gasteiger partial charge in [-0.25, -0.2) is 4.79 Å². The van der Waals surface area contributed by atoms with Crippen molar-refractivity contribution in [3.63, 3.8) is 0 Å². The molecule has 0 saturated heterocycles. The van der Waals surface area contributed by atoms with E-state index in [1.807, 2.05) is 6.08 Å². The second-order valence-electron chi connectivity index (χ2n) is 2.43. The van der Waals surface area contributed by atoms with Gasteiger partial charge in [0, 0.05) is 5.57 Å². The van der Waals surface area contributed by atoms with E-state index in [-0.39, 0.29) is 0 Å². The highest BCUT2D eigenvalue weighted by molar-refractivity contribution is 5.87. The van der Waals surface area contributed by atoms with E-state index < -0.39 is 5.97 Å². The lowest BCUT2D eigenvalue weighted by Gasteiger charge is -1.96. The third-order valence-electron chi connectivity index (χ3n) is 1.44. The summed E-state index contributed by atoms with van der Waals surface area (Å²) >= 11 is 0. The molecule has 0 aliphatic rings. The first-order chi connectivity index (χ1) is 5.22. The molecule has 0 aliphatic heterocycles. The molecule has 0 radical (unpaired) electrons. The van der Waals surface area contributed by atoms with Gasteiger partial charge in [0.1, 0.15) is 0 Å². The standard InChI is InChI=1S/C8H15NO2/c1-3-4-5-6-7(2)8(10)11-9/h6H,3-5,9H2,1-2H3. The molecule has 0 saturated carbocycles. The molecule has 0 aliphatic carbocycles. The zero-order valence-corrected chi connectivity index (χ0v) is 7.09. The van der Waals surface area contributed by atoms with Gasteiger partial charge in [-0.2, -0.15) is 5.90 Å². The maximum atomic E-state index is 10.7. The first-order valence-electron chi connectivity index (χ1n) is 3.80. The summed E-state index contributed by atoms with van der Waals surface area (Å²) in [6.07, 6.45) is 4.98. The minimum Gasteiger partial charge on any atom is -0.370 e. The Bertz CT molecular complexity index is 152. The van der Waals surface area contributed by atoms with Crippen molar-refractivity contribution in [3.05, 3.63) is 11.6 Å². The van der Waals surface area contributed by atoms with Crippen LogP contribution in [0.4, 0.5) is 0 Å². The van der Waals surface area contributed by atoms with E-state index in [4.69, 9.17) is 0 Å². The van der Waals surface area contributed by atoms with Crippen molar-refractivity contribution < 1.29 is 9.63 Å². The summed E-state index contributed by atoms with van der Waals surface area (Å²) < 4.78 is 0. The normalized spacial score (nSPS) is 11.4. The molecule has 0 heterocycles. The van der Waals surface area contributed by atoms with Gasteiger partial charge in [0.25, 0.3) is 0 Å². The number of hydrogen-bond acceptors (Lipinski definition) is 3. The lowest BCUT2D eigenvalue weighted by molar-refractivity contribution is -0.139. The van der Waals surface area contributed by atoms with Crippen LogP contribution >= 0.6 is 0 Å². The van der Waals surface area contributed by atoms with Gasteiger partial charge in [0.2, 0.25) is 0 Å². The Kier molecular flexibility index (Phi) is 5.47. The predicted octanol–water partition coefficient (Wildman–Crippen LogP) is 1.54. The van der Waals surface area contributed by atoms with Crippen LogP contribution in [0.25, 0.3) is 0 Å². The molecule has 3 nitrogen and oxygen atoms in total. The minimum atomic E-state index is -0.443. The van der Waals surface area contributed by atoms with Crippen LogP contribution < -0.4 is 5.90 Å². The summed E-state index contributed by atoms with van der Waals surface area (Å²) in [7, 11) is 0. The molecule has 0 rings (SSSR count). The van der Waals surface area contributed by atoms with Gasteiger partial charge < -0.3 is 4.84 Å². The third kappa shape index (κ3) is 4.56. The highest BCUT2D eigenvalue weighted by atomic mass is 16.7. The zero-order valence-electron chi connectivity index (χ0n) is 7.09. The number of nitrogens with two attached hydrogens (primary N) is 1. The Balaban J connectivity index is 3.71. The Morgan fingerprint density at radius 1 is 1.64 bits per heavy atom. The second kappa shape index (κ2) is 5.92. The lowest BCUT2D eigenvalue weighted by Crippen LogP contribution is -2.10. The van der Waals surface area contributed by atoms with E-state index in [9.17, 15) is 4.79 Å². The smallest absolute Gasteiger partial charge is 0.351 e. The van der Waals surface area contributed by atoms with Crippen LogP contribution in [0.3, 0.4) is 0 Å². The van der Waals surface area contributed by atoms with Crippen molar-refractivity contribution in [3.8, 4) is 0 Å². The number of allylic oxidation sites excluding steroid dienone is 1. The molecule has 0 bridgehead atoms. The third-order valence-corrected chi connectivity index (χ3v) is 1.44. The molecule has 11 heavy (non-hydrogen) atoms. The van der Waals surface area contributed by atoms with Crippen LogP contribution in [0.2, 0.25) is 0 Å². The van der Waals surface area contributed by atoms with Crippen LogP contribution in [0.15, 0.2) is 11.6 Å². The molecule has 2 N–H and O–H groups in total. The number of carbonyl (C=O) groups excluding carboxylic acids is 1. The van der Waals surface area contributed by atoms with Gasteiger partial charge in [0.15, 0.2) is 0 Å². The Labute approximate surface area is 67.2 Å². The van der Waals surface area contributed by atoms with Gasteiger partial charge in [-0.3, -0.25) is 0 Å². The fourth-order valence-corrected chi connectivity index (χ4v) is 0.699. The summed E-state index contributed by atoms with van der Waals surface area (Å²) in [6, 6.07) is 0. The zero-order chi connectivity index (χ0) is 8.69. The summed E-state index contributed by atoms with van der Waals surface area (Å²) in [5.74, 6) is 4.24. The summed E-state index contributed by atoms with van der Waals surface area (Å²) in [4.78, 5) is 14.7. The average Bonchev–Trinajstić information content (AvgIpc) is 2.03. The molecule has 0 amide bonds. The van der Waals surface area contributed by atoms with Crippen LogP contribution in [-0.2, 0) is 9.63 Å². The quantitative estimate of drug-likeness (QED) is 0.382. The maximum Gasteiger partial charge on any atom is 0.351 e. The fraction of sp³-hybridized carbons (Fsp3) is 0.625. The fourth-order valence-electron chi connectivity index (χ4n) is 0.699. The Morgan fingerprint density at radius 3 is 2.73 bits per heavy atom. The number of hydrogen-bond donors (Lipinski definition) is 1. The lowest BCUT2D eigenvalue weighted by atomic mass is 10.2. The summed E-state index contributed by atoms with van der Waals surface area (Å²) in [5.41, 5.74) is 0.584. The van der Waals surface area contributed by atoms with Gasteiger partial charge >= 0.3 is 5.97 Å². The van der Waals surface area contributed by atoms with Crippen molar-refractivity contribution >= 4 is 5.97 Å². The number of carbonyl (C=O) groups is 1. The summed E-state index contributed by atoms with van der Waals surface area (Å²) in [5, 5.41) is 0. The van der Waals surface area contributed by atoms with E-state index in [2.05, 4.69) is 17.7 Å². The molecule has 0 spiro atoms. The van der Waals surface area contributed by atoms with Crippen LogP contribution in [-0.4, -0.2) is 5.97 Å². The van der Waals surface area contributed by atoms with Crippen molar-refractivity contribution in [1.82, 2.24) is 0 Å². The molecule has 0 aromatic carbocycles. The van der Waals surface area contributed by atoms with E-state index in [1.54, 1.807) is 6.92 Å². The largest absolute Gasteiger partial charge is 0.370 e. The van der Waals surface area contributed by atoms with Crippen LogP contribution in [0.1, 0.15) is 33.1 Å². The summed E-state index contributed by atoms with van der Waals surface area (Å²) in [6.45, 7) is 3.80.